The molecule has 0 unspecified atom stereocenters. The van der Waals surface area contributed by atoms with E-state index >= 15 is 0 Å². The van der Waals surface area contributed by atoms with Crippen LogP contribution in [-0.4, -0.2) is 24.7 Å². The van der Waals surface area contributed by atoms with Crippen molar-refractivity contribution < 1.29 is 4.74 Å². The number of aromatic nitrogens is 1. The largest absolute Gasteiger partial charge is 0.396 e. The molecule has 0 atom stereocenters. The molecule has 0 saturated carbocycles. The van der Waals surface area contributed by atoms with E-state index in [1.165, 1.54) is 0 Å². The van der Waals surface area contributed by atoms with Gasteiger partial charge in [0.05, 0.1) is 23.1 Å². The Labute approximate surface area is 134 Å². The Balaban J connectivity index is 1.98. The molecule has 0 bridgehead atoms. The summed E-state index contributed by atoms with van der Waals surface area (Å²) in [6.45, 7) is 6.71. The summed E-state index contributed by atoms with van der Waals surface area (Å²) in [6.07, 6.45) is 2.65. The van der Waals surface area contributed by atoms with Crippen LogP contribution in [-0.2, 0) is 4.74 Å². The maximum absolute atomic E-state index is 6.05. The molecule has 0 amide bonds. The molecule has 0 spiro atoms. The summed E-state index contributed by atoms with van der Waals surface area (Å²) < 4.78 is 6.60. The second-order valence-electron chi connectivity index (χ2n) is 5.50. The first-order chi connectivity index (χ1) is 10.1. The zero-order valence-corrected chi connectivity index (χ0v) is 14.1. The van der Waals surface area contributed by atoms with E-state index in [0.717, 1.165) is 47.2 Å². The number of hydrogen-bond donors (Lipinski definition) is 2. The molecule has 0 aliphatic heterocycles. The number of nitrogens with two attached hydrogens (primary N) is 1. The quantitative estimate of drug-likeness (QED) is 0.738. The molecular weight excluding hydrogens is 330 g/mol. The molecule has 21 heavy (non-hydrogen) atoms. The van der Waals surface area contributed by atoms with Gasteiger partial charge in [-0.15, -0.1) is 0 Å². The van der Waals surface area contributed by atoms with Gasteiger partial charge in [-0.25, -0.2) is 0 Å². The fourth-order valence-corrected chi connectivity index (χ4v) is 2.45. The highest BCUT2D eigenvalue weighted by molar-refractivity contribution is 9.10. The molecule has 2 rings (SSSR count). The summed E-state index contributed by atoms with van der Waals surface area (Å²) >= 11 is 3.49. The Hall–Kier alpha value is -1.33. The summed E-state index contributed by atoms with van der Waals surface area (Å²) in [5, 5.41) is 4.44. The highest BCUT2D eigenvalue weighted by Crippen LogP contribution is 2.29. The number of fused-ring (bicyclic) bond motifs is 1. The SMILES string of the molecule is CC(C)COCCCNc1c(N)cnc2ccc(Br)cc12. The summed E-state index contributed by atoms with van der Waals surface area (Å²) in [5.74, 6) is 0.579. The van der Waals surface area contributed by atoms with Crippen LogP contribution in [0.2, 0.25) is 0 Å². The number of ether oxygens (including phenoxy) is 1. The molecule has 4 nitrogen and oxygen atoms in total. The van der Waals surface area contributed by atoms with Crippen molar-refractivity contribution in [2.45, 2.75) is 20.3 Å². The van der Waals surface area contributed by atoms with Crippen molar-refractivity contribution in [1.29, 1.82) is 0 Å². The molecular formula is C16H22BrN3O. The lowest BCUT2D eigenvalue weighted by Gasteiger charge is -2.13. The Morgan fingerprint density at radius 2 is 2.19 bits per heavy atom. The van der Waals surface area contributed by atoms with Gasteiger partial charge in [0.1, 0.15) is 0 Å². The van der Waals surface area contributed by atoms with E-state index in [4.69, 9.17) is 10.5 Å². The number of pyridine rings is 1. The second-order valence-corrected chi connectivity index (χ2v) is 6.41. The number of nitrogens with one attached hydrogen (secondary N) is 1. The number of nitrogen functional groups attached to an aromatic ring is 1. The van der Waals surface area contributed by atoms with Gasteiger partial charge in [-0.1, -0.05) is 29.8 Å². The standard InChI is InChI=1S/C16H22BrN3O/c1-11(2)10-21-7-3-6-19-16-13-8-12(17)4-5-15(13)20-9-14(16)18/h4-5,8-9,11H,3,6-7,10,18H2,1-2H3,(H,19,20). The van der Waals surface area contributed by atoms with Crippen LogP contribution in [0.25, 0.3) is 10.9 Å². The van der Waals surface area contributed by atoms with Crippen molar-refractivity contribution in [3.8, 4) is 0 Å². The molecule has 0 fully saturated rings. The van der Waals surface area contributed by atoms with Crippen LogP contribution in [0.1, 0.15) is 20.3 Å². The average molecular weight is 352 g/mol. The van der Waals surface area contributed by atoms with Gasteiger partial charge in [0.2, 0.25) is 0 Å². The Bertz CT molecular complexity index is 596. The predicted octanol–water partition coefficient (Wildman–Crippen LogP) is 4.05. The van der Waals surface area contributed by atoms with Crippen LogP contribution < -0.4 is 11.1 Å². The van der Waals surface area contributed by atoms with E-state index in [2.05, 4.69) is 40.1 Å². The van der Waals surface area contributed by atoms with E-state index in [-0.39, 0.29) is 0 Å². The van der Waals surface area contributed by atoms with Gasteiger partial charge in [0.15, 0.2) is 0 Å². The molecule has 1 aromatic heterocycles. The van der Waals surface area contributed by atoms with Gasteiger partial charge >= 0.3 is 0 Å². The van der Waals surface area contributed by atoms with Crippen molar-refractivity contribution in [3.63, 3.8) is 0 Å². The van der Waals surface area contributed by atoms with Crippen molar-refractivity contribution in [3.05, 3.63) is 28.9 Å². The minimum atomic E-state index is 0.579. The van der Waals surface area contributed by atoms with E-state index in [1.807, 2.05) is 18.2 Å². The van der Waals surface area contributed by atoms with Crippen LogP contribution in [0.5, 0.6) is 0 Å². The number of halogens is 1. The maximum atomic E-state index is 6.05. The molecule has 1 aromatic carbocycles. The number of benzene rings is 1. The Kier molecular flexibility index (Phi) is 5.82. The van der Waals surface area contributed by atoms with Gasteiger partial charge in [0, 0.05) is 29.6 Å². The maximum Gasteiger partial charge on any atom is 0.0743 e. The summed E-state index contributed by atoms with van der Waals surface area (Å²) in [4.78, 5) is 4.35. The first-order valence-corrected chi connectivity index (χ1v) is 8.02. The number of nitrogens with zero attached hydrogens (tertiary/aromatic N) is 1. The lowest BCUT2D eigenvalue weighted by atomic mass is 10.1. The third-order valence-corrected chi connectivity index (χ3v) is 3.57. The van der Waals surface area contributed by atoms with Crippen molar-refractivity contribution in [2.75, 3.05) is 30.8 Å². The minimum absolute atomic E-state index is 0.579. The fraction of sp³-hybridized carbons (Fsp3) is 0.438. The highest BCUT2D eigenvalue weighted by atomic mass is 79.9. The van der Waals surface area contributed by atoms with Gasteiger partial charge in [0.25, 0.3) is 0 Å². The highest BCUT2D eigenvalue weighted by Gasteiger charge is 2.06. The van der Waals surface area contributed by atoms with Crippen LogP contribution in [0.4, 0.5) is 11.4 Å². The van der Waals surface area contributed by atoms with Crippen molar-refractivity contribution >= 4 is 38.2 Å². The zero-order valence-electron chi connectivity index (χ0n) is 12.5. The Morgan fingerprint density at radius 1 is 1.38 bits per heavy atom. The molecule has 0 aliphatic rings. The van der Waals surface area contributed by atoms with Crippen LogP contribution in [0, 0.1) is 5.92 Å². The predicted molar refractivity (Wildman–Crippen MR) is 92.6 cm³/mol. The minimum Gasteiger partial charge on any atom is -0.396 e. The topological polar surface area (TPSA) is 60.2 Å². The third-order valence-electron chi connectivity index (χ3n) is 3.08. The monoisotopic (exact) mass is 351 g/mol. The average Bonchev–Trinajstić information content (AvgIpc) is 2.44. The van der Waals surface area contributed by atoms with E-state index in [0.29, 0.717) is 11.6 Å². The zero-order chi connectivity index (χ0) is 15.2. The Morgan fingerprint density at radius 3 is 2.95 bits per heavy atom. The first kappa shape index (κ1) is 16.0. The van der Waals surface area contributed by atoms with Crippen molar-refractivity contribution in [2.24, 2.45) is 5.92 Å². The molecule has 0 radical (unpaired) electrons. The van der Waals surface area contributed by atoms with Gasteiger partial charge in [-0.05, 0) is 30.5 Å². The lowest BCUT2D eigenvalue weighted by molar-refractivity contribution is 0.110. The van der Waals surface area contributed by atoms with Crippen LogP contribution >= 0.6 is 15.9 Å². The van der Waals surface area contributed by atoms with E-state index in [9.17, 15) is 0 Å². The summed E-state index contributed by atoms with van der Waals surface area (Å²) in [5.41, 5.74) is 8.60. The smallest absolute Gasteiger partial charge is 0.0743 e. The summed E-state index contributed by atoms with van der Waals surface area (Å²) in [6, 6.07) is 6.00. The molecule has 1 heterocycles. The number of anilines is 2. The second kappa shape index (κ2) is 7.61. The van der Waals surface area contributed by atoms with Crippen LogP contribution in [0.15, 0.2) is 28.9 Å². The van der Waals surface area contributed by atoms with Crippen molar-refractivity contribution in [1.82, 2.24) is 4.98 Å². The number of rotatable bonds is 7. The molecule has 0 aliphatic carbocycles. The van der Waals surface area contributed by atoms with E-state index in [1.54, 1.807) is 6.20 Å². The molecule has 114 valence electrons. The normalized spacial score (nSPS) is 11.2. The molecule has 0 saturated heterocycles. The van der Waals surface area contributed by atoms with Gasteiger partial charge < -0.3 is 15.8 Å². The molecule has 5 heteroatoms. The van der Waals surface area contributed by atoms with Gasteiger partial charge in [-0.2, -0.15) is 0 Å². The van der Waals surface area contributed by atoms with Crippen LogP contribution in [0.3, 0.4) is 0 Å². The summed E-state index contributed by atoms with van der Waals surface area (Å²) in [7, 11) is 0. The fourth-order valence-electron chi connectivity index (χ4n) is 2.08. The molecule has 2 aromatic rings. The van der Waals surface area contributed by atoms with Gasteiger partial charge in [-0.3, -0.25) is 4.98 Å². The van der Waals surface area contributed by atoms with E-state index < -0.39 is 0 Å². The third kappa shape index (κ3) is 4.58. The number of hydrogen-bond acceptors (Lipinski definition) is 4. The first-order valence-electron chi connectivity index (χ1n) is 7.23. The lowest BCUT2D eigenvalue weighted by Crippen LogP contribution is -2.10. The molecule has 3 N–H and O–H groups in total.